The van der Waals surface area contributed by atoms with Crippen LogP contribution in [0.15, 0.2) is 48.5 Å². The highest BCUT2D eigenvalue weighted by molar-refractivity contribution is 5.44. The standard InChI is InChI=1S/C21H22O/c1-16-3-6-18(7-4-16)8-9-19-10-12-20(13-11-19)21-14-5-17(2)15-22-21/h3-4,6-7,10-13,17,21H,5,14-15H2,1-2H3. The molecule has 3 rings (SSSR count). The SMILES string of the molecule is Cc1ccc(C#Cc2ccc(C3CCC(C)CO3)cc2)cc1. The second kappa shape index (κ2) is 6.81. The minimum Gasteiger partial charge on any atom is -0.373 e. The molecule has 2 atom stereocenters. The van der Waals surface area contributed by atoms with E-state index < -0.39 is 0 Å². The van der Waals surface area contributed by atoms with Crippen molar-refractivity contribution < 1.29 is 4.74 Å². The van der Waals surface area contributed by atoms with Gasteiger partial charge in [-0.1, -0.05) is 48.6 Å². The Hall–Kier alpha value is -2.04. The molecule has 0 aliphatic carbocycles. The summed E-state index contributed by atoms with van der Waals surface area (Å²) in [6, 6.07) is 16.8. The summed E-state index contributed by atoms with van der Waals surface area (Å²) in [7, 11) is 0. The Morgan fingerprint density at radius 1 is 0.864 bits per heavy atom. The number of hydrogen-bond acceptors (Lipinski definition) is 1. The average molecular weight is 290 g/mol. The van der Waals surface area contributed by atoms with Crippen molar-refractivity contribution in [3.63, 3.8) is 0 Å². The molecule has 0 N–H and O–H groups in total. The van der Waals surface area contributed by atoms with Gasteiger partial charge in [-0.05, 0) is 55.5 Å². The summed E-state index contributed by atoms with van der Waals surface area (Å²) in [5.74, 6) is 7.13. The van der Waals surface area contributed by atoms with Gasteiger partial charge in [0.05, 0.1) is 6.10 Å². The molecule has 22 heavy (non-hydrogen) atoms. The van der Waals surface area contributed by atoms with Crippen molar-refractivity contribution in [3.05, 3.63) is 70.8 Å². The summed E-state index contributed by atoms with van der Waals surface area (Å²) in [4.78, 5) is 0. The molecule has 1 fully saturated rings. The zero-order valence-corrected chi connectivity index (χ0v) is 13.3. The molecule has 0 spiro atoms. The molecule has 1 heteroatoms. The lowest BCUT2D eigenvalue weighted by Crippen LogP contribution is -2.18. The van der Waals surface area contributed by atoms with Crippen LogP contribution < -0.4 is 0 Å². The molecular formula is C21H22O. The fraction of sp³-hybridized carbons (Fsp3) is 0.333. The van der Waals surface area contributed by atoms with Gasteiger partial charge >= 0.3 is 0 Å². The predicted molar refractivity (Wildman–Crippen MR) is 90.7 cm³/mol. The first-order valence-corrected chi connectivity index (χ1v) is 8.01. The summed E-state index contributed by atoms with van der Waals surface area (Å²) in [5.41, 5.74) is 4.64. The molecule has 0 radical (unpaired) electrons. The van der Waals surface area contributed by atoms with Crippen LogP contribution in [0.4, 0.5) is 0 Å². The Balaban J connectivity index is 1.68. The zero-order valence-electron chi connectivity index (χ0n) is 13.3. The van der Waals surface area contributed by atoms with Crippen LogP contribution in [0.1, 0.15) is 48.1 Å². The fourth-order valence-electron chi connectivity index (χ4n) is 2.71. The highest BCUT2D eigenvalue weighted by Gasteiger charge is 2.19. The fourth-order valence-corrected chi connectivity index (χ4v) is 2.71. The third kappa shape index (κ3) is 3.78. The molecule has 1 aliphatic heterocycles. The van der Waals surface area contributed by atoms with Crippen LogP contribution >= 0.6 is 0 Å². The molecule has 2 unspecified atom stereocenters. The molecule has 1 aliphatic rings. The van der Waals surface area contributed by atoms with Gasteiger partial charge in [0.25, 0.3) is 0 Å². The number of hydrogen-bond donors (Lipinski definition) is 0. The summed E-state index contributed by atoms with van der Waals surface area (Å²) in [5, 5.41) is 0. The maximum atomic E-state index is 5.92. The Kier molecular flexibility index (Phi) is 4.61. The van der Waals surface area contributed by atoms with Crippen LogP contribution in [-0.2, 0) is 4.74 Å². The van der Waals surface area contributed by atoms with Gasteiger partial charge in [-0.15, -0.1) is 0 Å². The van der Waals surface area contributed by atoms with Crippen molar-refractivity contribution in [1.29, 1.82) is 0 Å². The van der Waals surface area contributed by atoms with Crippen LogP contribution in [0, 0.1) is 24.7 Å². The van der Waals surface area contributed by atoms with Gasteiger partial charge in [0.15, 0.2) is 0 Å². The van der Waals surface area contributed by atoms with Gasteiger partial charge in [-0.2, -0.15) is 0 Å². The summed E-state index contributed by atoms with van der Waals surface area (Å²) in [6.07, 6.45) is 2.63. The predicted octanol–water partition coefficient (Wildman–Crippen LogP) is 4.88. The Morgan fingerprint density at radius 2 is 1.45 bits per heavy atom. The first-order valence-electron chi connectivity index (χ1n) is 8.01. The van der Waals surface area contributed by atoms with Gasteiger partial charge in [0, 0.05) is 17.7 Å². The van der Waals surface area contributed by atoms with Crippen molar-refractivity contribution >= 4 is 0 Å². The first kappa shape index (κ1) is 14.9. The van der Waals surface area contributed by atoms with Crippen molar-refractivity contribution in [3.8, 4) is 11.8 Å². The zero-order chi connectivity index (χ0) is 15.4. The van der Waals surface area contributed by atoms with Gasteiger partial charge in [-0.25, -0.2) is 0 Å². The van der Waals surface area contributed by atoms with E-state index in [1.54, 1.807) is 0 Å². The molecule has 2 aromatic rings. The monoisotopic (exact) mass is 290 g/mol. The Morgan fingerprint density at radius 3 is 2.00 bits per heavy atom. The van der Waals surface area contributed by atoms with Gasteiger partial charge in [-0.3, -0.25) is 0 Å². The van der Waals surface area contributed by atoms with E-state index in [4.69, 9.17) is 4.74 Å². The molecule has 112 valence electrons. The van der Waals surface area contributed by atoms with Gasteiger partial charge in [0.1, 0.15) is 0 Å². The van der Waals surface area contributed by atoms with Crippen molar-refractivity contribution in [1.82, 2.24) is 0 Å². The molecule has 1 nitrogen and oxygen atoms in total. The summed E-state index contributed by atoms with van der Waals surface area (Å²) >= 11 is 0. The number of benzene rings is 2. The Labute approximate surface area is 133 Å². The third-order valence-corrected chi connectivity index (χ3v) is 4.19. The second-order valence-corrected chi connectivity index (χ2v) is 6.24. The van der Waals surface area contributed by atoms with Crippen LogP contribution in [0.25, 0.3) is 0 Å². The molecule has 0 aromatic heterocycles. The van der Waals surface area contributed by atoms with E-state index >= 15 is 0 Å². The van der Waals surface area contributed by atoms with Gasteiger partial charge < -0.3 is 4.74 Å². The van der Waals surface area contributed by atoms with Crippen LogP contribution in [-0.4, -0.2) is 6.61 Å². The molecule has 2 aromatic carbocycles. The number of ether oxygens (including phenoxy) is 1. The quantitative estimate of drug-likeness (QED) is 0.680. The van der Waals surface area contributed by atoms with Crippen molar-refractivity contribution in [2.75, 3.05) is 6.61 Å². The molecular weight excluding hydrogens is 268 g/mol. The lowest BCUT2D eigenvalue weighted by molar-refractivity contribution is -0.0123. The number of rotatable bonds is 1. The topological polar surface area (TPSA) is 9.23 Å². The van der Waals surface area contributed by atoms with E-state index in [9.17, 15) is 0 Å². The van der Waals surface area contributed by atoms with E-state index in [2.05, 4.69) is 74.2 Å². The minimum atomic E-state index is 0.260. The van der Waals surface area contributed by atoms with E-state index in [1.165, 1.54) is 17.5 Å². The highest BCUT2D eigenvalue weighted by Crippen LogP contribution is 2.30. The molecule has 0 saturated carbocycles. The lowest BCUT2D eigenvalue weighted by Gasteiger charge is -2.27. The van der Waals surface area contributed by atoms with E-state index in [-0.39, 0.29) is 6.10 Å². The van der Waals surface area contributed by atoms with E-state index in [1.807, 2.05) is 0 Å². The normalized spacial score (nSPS) is 21.0. The van der Waals surface area contributed by atoms with Crippen LogP contribution in [0.2, 0.25) is 0 Å². The van der Waals surface area contributed by atoms with Crippen LogP contribution in [0.3, 0.4) is 0 Å². The molecule has 0 bridgehead atoms. The smallest absolute Gasteiger partial charge is 0.0825 e. The maximum Gasteiger partial charge on any atom is 0.0825 e. The second-order valence-electron chi connectivity index (χ2n) is 6.24. The highest BCUT2D eigenvalue weighted by atomic mass is 16.5. The Bertz CT molecular complexity index is 663. The molecule has 1 heterocycles. The molecule has 0 amide bonds. The molecule has 1 saturated heterocycles. The first-order chi connectivity index (χ1) is 10.7. The largest absolute Gasteiger partial charge is 0.373 e. The maximum absolute atomic E-state index is 5.92. The summed E-state index contributed by atoms with van der Waals surface area (Å²) in [6.45, 7) is 5.21. The van der Waals surface area contributed by atoms with Crippen LogP contribution in [0.5, 0.6) is 0 Å². The minimum absolute atomic E-state index is 0.260. The average Bonchev–Trinajstić information content (AvgIpc) is 2.56. The number of aryl methyl sites for hydroxylation is 1. The van der Waals surface area contributed by atoms with E-state index in [0.717, 1.165) is 24.2 Å². The van der Waals surface area contributed by atoms with Gasteiger partial charge in [0.2, 0.25) is 0 Å². The third-order valence-electron chi connectivity index (χ3n) is 4.19. The summed E-state index contributed by atoms with van der Waals surface area (Å²) < 4.78 is 5.92. The van der Waals surface area contributed by atoms with Crippen molar-refractivity contribution in [2.45, 2.75) is 32.8 Å². The van der Waals surface area contributed by atoms with Crippen molar-refractivity contribution in [2.24, 2.45) is 5.92 Å². The lowest BCUT2D eigenvalue weighted by atomic mass is 9.95. The van der Waals surface area contributed by atoms with E-state index in [0.29, 0.717) is 5.92 Å².